The smallest absolute Gasteiger partial charge is 0.375 e. The number of fused-ring (bicyclic) bond motifs is 1. The fourth-order valence-corrected chi connectivity index (χ4v) is 2.60. The number of aryl methyl sites for hydroxylation is 1. The van der Waals surface area contributed by atoms with Gasteiger partial charge in [0.1, 0.15) is 6.54 Å². The van der Waals surface area contributed by atoms with Crippen LogP contribution in [-0.2, 0) is 6.54 Å². The predicted octanol–water partition coefficient (Wildman–Crippen LogP) is 3.85. The quantitative estimate of drug-likeness (QED) is 0.527. The number of hydrogen-bond acceptors (Lipinski definition) is 2. The Hall–Kier alpha value is -2.99. The van der Waals surface area contributed by atoms with Crippen molar-refractivity contribution in [1.29, 1.82) is 0 Å². The third-order valence-corrected chi connectivity index (χ3v) is 3.70. The predicted molar refractivity (Wildman–Crippen MR) is 93.7 cm³/mol. The van der Waals surface area contributed by atoms with Gasteiger partial charge in [-0.3, -0.25) is 0 Å². The molecule has 0 saturated heterocycles. The number of hydrogen-bond donors (Lipinski definition) is 0. The number of para-hydroxylation sites is 3. The molecule has 0 unspecified atom stereocenters. The minimum Gasteiger partial charge on any atom is -0.398 e. The first kappa shape index (κ1) is 14.9. The van der Waals surface area contributed by atoms with Crippen LogP contribution in [0.3, 0.4) is 0 Å². The zero-order valence-corrected chi connectivity index (χ0v) is 13.1. The van der Waals surface area contributed by atoms with Crippen molar-refractivity contribution in [3.05, 3.63) is 66.7 Å². The zero-order valence-electron chi connectivity index (χ0n) is 13.1. The second kappa shape index (κ2) is 6.85. The highest BCUT2D eigenvalue weighted by molar-refractivity contribution is 5.69. The Labute approximate surface area is 136 Å². The highest BCUT2D eigenvalue weighted by atomic mass is 16.3. The molecule has 3 nitrogen and oxygen atoms in total. The van der Waals surface area contributed by atoms with E-state index < -0.39 is 0 Å². The molecule has 2 aromatic carbocycles. The van der Waals surface area contributed by atoms with Gasteiger partial charge in [0.05, 0.1) is 12.6 Å². The third kappa shape index (κ3) is 3.12. The minimum absolute atomic E-state index is 0.507. The van der Waals surface area contributed by atoms with Gasteiger partial charge in [-0.2, -0.15) is 4.57 Å². The first-order chi connectivity index (χ1) is 11.3. The van der Waals surface area contributed by atoms with E-state index in [0.29, 0.717) is 6.54 Å². The fraction of sp³-hybridized carbons (Fsp3) is 0.150. The Balaban J connectivity index is 1.96. The van der Waals surface area contributed by atoms with Crippen LogP contribution in [0.15, 0.2) is 65.2 Å². The standard InChI is InChI=1S/C20H19N2O/c1-3-15-21(17-10-6-5-7-11-17)16-14-20-22(4-2)18-12-8-9-13-19(18)23-20/h1,5-14,16H,4,15H2,2H3/q+1. The van der Waals surface area contributed by atoms with Gasteiger partial charge >= 0.3 is 5.89 Å². The summed E-state index contributed by atoms with van der Waals surface area (Å²) in [5.41, 5.74) is 3.04. The van der Waals surface area contributed by atoms with Crippen LogP contribution in [0.2, 0.25) is 0 Å². The summed E-state index contributed by atoms with van der Waals surface area (Å²) in [6.07, 6.45) is 9.44. The van der Waals surface area contributed by atoms with Gasteiger partial charge in [0.25, 0.3) is 5.52 Å². The molecule has 0 spiro atoms. The summed E-state index contributed by atoms with van der Waals surface area (Å²) in [4.78, 5) is 2.02. The van der Waals surface area contributed by atoms with Gasteiger partial charge in [-0.1, -0.05) is 36.3 Å². The molecular weight excluding hydrogens is 284 g/mol. The Morgan fingerprint density at radius 3 is 2.61 bits per heavy atom. The average Bonchev–Trinajstić information content (AvgIpc) is 2.96. The van der Waals surface area contributed by atoms with Crippen LogP contribution in [0, 0.1) is 12.3 Å². The molecule has 0 saturated carbocycles. The largest absolute Gasteiger partial charge is 0.398 e. The van der Waals surface area contributed by atoms with Crippen LogP contribution in [0.1, 0.15) is 12.8 Å². The van der Waals surface area contributed by atoms with E-state index in [4.69, 9.17) is 10.8 Å². The van der Waals surface area contributed by atoms with Gasteiger partial charge < -0.3 is 9.32 Å². The number of terminal acetylenes is 1. The van der Waals surface area contributed by atoms with E-state index in [2.05, 4.69) is 23.5 Å². The normalized spacial score (nSPS) is 11.0. The third-order valence-electron chi connectivity index (χ3n) is 3.70. The van der Waals surface area contributed by atoms with E-state index in [1.165, 1.54) is 0 Å². The summed E-state index contributed by atoms with van der Waals surface area (Å²) in [5, 5.41) is 0. The molecule has 1 aromatic heterocycles. The number of nitrogens with zero attached hydrogens (tertiary/aromatic N) is 2. The summed E-state index contributed by atoms with van der Waals surface area (Å²) in [5.74, 6) is 3.51. The minimum atomic E-state index is 0.507. The molecule has 0 atom stereocenters. The first-order valence-electron chi connectivity index (χ1n) is 7.68. The molecular formula is C20H19N2O+. The van der Waals surface area contributed by atoms with E-state index in [-0.39, 0.29) is 0 Å². The molecule has 3 aromatic rings. The number of anilines is 1. The number of oxazole rings is 1. The fourth-order valence-electron chi connectivity index (χ4n) is 2.60. The van der Waals surface area contributed by atoms with Crippen molar-refractivity contribution >= 4 is 22.9 Å². The summed E-state index contributed by atoms with van der Waals surface area (Å²) in [7, 11) is 0. The zero-order chi connectivity index (χ0) is 16.1. The van der Waals surface area contributed by atoms with E-state index >= 15 is 0 Å². The molecule has 3 rings (SSSR count). The lowest BCUT2D eigenvalue weighted by Gasteiger charge is -2.16. The van der Waals surface area contributed by atoms with Gasteiger partial charge in [0.15, 0.2) is 0 Å². The molecule has 0 aliphatic carbocycles. The average molecular weight is 303 g/mol. The molecule has 0 amide bonds. The molecule has 0 bridgehead atoms. The van der Waals surface area contributed by atoms with Crippen molar-refractivity contribution in [2.45, 2.75) is 13.5 Å². The van der Waals surface area contributed by atoms with E-state index in [1.807, 2.05) is 65.7 Å². The Morgan fingerprint density at radius 1 is 1.13 bits per heavy atom. The molecule has 0 N–H and O–H groups in total. The van der Waals surface area contributed by atoms with Crippen molar-refractivity contribution < 1.29 is 8.98 Å². The lowest BCUT2D eigenvalue weighted by Crippen LogP contribution is -2.33. The lowest BCUT2D eigenvalue weighted by atomic mass is 10.3. The monoisotopic (exact) mass is 303 g/mol. The van der Waals surface area contributed by atoms with E-state index in [0.717, 1.165) is 29.2 Å². The number of benzene rings is 2. The molecule has 1 heterocycles. The lowest BCUT2D eigenvalue weighted by molar-refractivity contribution is -0.674. The Morgan fingerprint density at radius 2 is 1.87 bits per heavy atom. The maximum absolute atomic E-state index is 5.95. The van der Waals surface area contributed by atoms with Crippen molar-refractivity contribution in [2.75, 3.05) is 11.4 Å². The maximum atomic E-state index is 5.95. The van der Waals surface area contributed by atoms with Crippen LogP contribution in [0.4, 0.5) is 5.69 Å². The van der Waals surface area contributed by atoms with Gasteiger partial charge in [0.2, 0.25) is 5.58 Å². The molecule has 0 aliphatic rings. The summed E-state index contributed by atoms with van der Waals surface area (Å²) >= 11 is 0. The summed E-state index contributed by atoms with van der Waals surface area (Å²) < 4.78 is 8.10. The molecule has 23 heavy (non-hydrogen) atoms. The van der Waals surface area contributed by atoms with Crippen LogP contribution < -0.4 is 9.47 Å². The highest BCUT2D eigenvalue weighted by Crippen LogP contribution is 2.17. The van der Waals surface area contributed by atoms with E-state index in [1.54, 1.807) is 0 Å². The topological polar surface area (TPSA) is 20.3 Å². The maximum Gasteiger partial charge on any atom is 0.375 e. The van der Waals surface area contributed by atoms with E-state index in [9.17, 15) is 0 Å². The molecule has 3 heteroatoms. The molecule has 0 radical (unpaired) electrons. The van der Waals surface area contributed by atoms with Crippen molar-refractivity contribution in [1.82, 2.24) is 0 Å². The van der Waals surface area contributed by atoms with Crippen molar-refractivity contribution in [3.8, 4) is 12.3 Å². The van der Waals surface area contributed by atoms with Crippen LogP contribution in [0.5, 0.6) is 0 Å². The van der Waals surface area contributed by atoms with Crippen molar-refractivity contribution in [2.24, 2.45) is 0 Å². The number of aromatic nitrogens is 1. The second-order valence-electron chi connectivity index (χ2n) is 5.14. The highest BCUT2D eigenvalue weighted by Gasteiger charge is 2.18. The summed E-state index contributed by atoms with van der Waals surface area (Å²) in [6.45, 7) is 3.46. The second-order valence-corrected chi connectivity index (χ2v) is 5.14. The number of rotatable bonds is 5. The Kier molecular flexibility index (Phi) is 4.44. The van der Waals surface area contributed by atoms with Crippen molar-refractivity contribution in [3.63, 3.8) is 0 Å². The first-order valence-corrected chi connectivity index (χ1v) is 7.68. The SMILES string of the molecule is C#CCN(/C=C/c1oc2ccccc2[n+]1CC)c1ccccc1. The molecule has 0 aliphatic heterocycles. The van der Waals surface area contributed by atoms with Crippen LogP contribution in [-0.4, -0.2) is 6.54 Å². The Bertz CT molecular complexity index is 856. The van der Waals surface area contributed by atoms with Gasteiger partial charge in [0, 0.05) is 18.0 Å². The molecule has 0 fully saturated rings. The van der Waals surface area contributed by atoms with Gasteiger partial charge in [-0.25, -0.2) is 0 Å². The van der Waals surface area contributed by atoms with Crippen LogP contribution in [0.25, 0.3) is 17.2 Å². The van der Waals surface area contributed by atoms with Gasteiger partial charge in [-0.05, 0) is 25.1 Å². The van der Waals surface area contributed by atoms with Crippen LogP contribution >= 0.6 is 0 Å². The molecule has 114 valence electrons. The summed E-state index contributed by atoms with van der Waals surface area (Å²) in [6, 6.07) is 18.1. The van der Waals surface area contributed by atoms with Gasteiger partial charge in [-0.15, -0.1) is 6.42 Å².